The summed E-state index contributed by atoms with van der Waals surface area (Å²) in [5.41, 5.74) is 10.7. The molecule has 0 amide bonds. The van der Waals surface area contributed by atoms with E-state index >= 15 is 0 Å². The summed E-state index contributed by atoms with van der Waals surface area (Å²) in [6.45, 7) is 6.62. The predicted molar refractivity (Wildman–Crippen MR) is 90.7 cm³/mol. The summed E-state index contributed by atoms with van der Waals surface area (Å²) >= 11 is 5.18. The Morgan fingerprint density at radius 2 is 1.90 bits per heavy atom. The second-order valence-electron chi connectivity index (χ2n) is 5.27. The van der Waals surface area contributed by atoms with Crippen LogP contribution in [0.15, 0.2) is 24.3 Å². The van der Waals surface area contributed by atoms with Crippen LogP contribution in [0.4, 0.5) is 5.82 Å². The van der Waals surface area contributed by atoms with E-state index in [2.05, 4.69) is 9.97 Å². The molecule has 2 N–H and O–H groups in total. The van der Waals surface area contributed by atoms with Gasteiger partial charge in [-0.2, -0.15) is 0 Å². The van der Waals surface area contributed by atoms with Crippen molar-refractivity contribution in [2.45, 2.75) is 27.3 Å². The average Bonchev–Trinajstić information content (AvgIpc) is 2.37. The smallest absolute Gasteiger partial charge is 0.139 e. The van der Waals surface area contributed by atoms with Gasteiger partial charge in [0.2, 0.25) is 0 Å². The zero-order valence-electron chi connectivity index (χ0n) is 12.8. The molecule has 0 radical (unpaired) electrons. The highest BCUT2D eigenvalue weighted by molar-refractivity contribution is 7.80. The number of nitrogens with zero attached hydrogens (tertiary/aromatic N) is 3. The topological polar surface area (TPSA) is 55.0 Å². The van der Waals surface area contributed by atoms with Crippen LogP contribution < -0.4 is 10.6 Å². The fourth-order valence-corrected chi connectivity index (χ4v) is 2.66. The van der Waals surface area contributed by atoms with E-state index in [1.54, 1.807) is 0 Å². The van der Waals surface area contributed by atoms with Crippen molar-refractivity contribution in [1.29, 1.82) is 0 Å². The lowest BCUT2D eigenvalue weighted by molar-refractivity contribution is 0.853. The van der Waals surface area contributed by atoms with Gasteiger partial charge in [-0.1, -0.05) is 18.3 Å². The quantitative estimate of drug-likeness (QED) is 0.880. The maximum absolute atomic E-state index is 5.87. The standard InChI is InChI=1S/C16H20N4S/c1-10-8-12(3)19-16(14(10)15(17)21)20(4)9-13-7-5-6-11(2)18-13/h5-8H,9H2,1-4H3,(H2,17,21). The summed E-state index contributed by atoms with van der Waals surface area (Å²) in [7, 11) is 1.98. The molecule has 0 atom stereocenters. The minimum Gasteiger partial charge on any atom is -0.389 e. The monoisotopic (exact) mass is 300 g/mol. The molecule has 0 bridgehead atoms. The summed E-state index contributed by atoms with van der Waals surface area (Å²) < 4.78 is 0. The molecular formula is C16H20N4S. The largest absolute Gasteiger partial charge is 0.389 e. The number of nitrogens with two attached hydrogens (primary N) is 1. The Kier molecular flexibility index (Phi) is 4.53. The second-order valence-corrected chi connectivity index (χ2v) is 5.71. The van der Waals surface area contributed by atoms with Crippen molar-refractivity contribution in [3.05, 3.63) is 52.5 Å². The maximum Gasteiger partial charge on any atom is 0.139 e. The fourth-order valence-electron chi connectivity index (χ4n) is 2.40. The number of aryl methyl sites for hydroxylation is 3. The first kappa shape index (κ1) is 15.4. The van der Waals surface area contributed by atoms with Gasteiger partial charge in [0.15, 0.2) is 0 Å². The highest BCUT2D eigenvalue weighted by Crippen LogP contribution is 2.22. The molecule has 0 saturated heterocycles. The highest BCUT2D eigenvalue weighted by atomic mass is 32.1. The van der Waals surface area contributed by atoms with Gasteiger partial charge in [0.25, 0.3) is 0 Å². The third-order valence-electron chi connectivity index (χ3n) is 3.28. The molecule has 0 aromatic carbocycles. The van der Waals surface area contributed by atoms with E-state index in [0.717, 1.165) is 34.0 Å². The van der Waals surface area contributed by atoms with Crippen LogP contribution >= 0.6 is 12.2 Å². The van der Waals surface area contributed by atoms with Crippen molar-refractivity contribution in [1.82, 2.24) is 9.97 Å². The van der Waals surface area contributed by atoms with E-state index in [1.165, 1.54) is 0 Å². The number of anilines is 1. The Morgan fingerprint density at radius 3 is 2.52 bits per heavy atom. The first-order valence-electron chi connectivity index (χ1n) is 6.80. The molecule has 0 aliphatic rings. The lowest BCUT2D eigenvalue weighted by atomic mass is 10.1. The molecule has 2 aromatic heterocycles. The van der Waals surface area contributed by atoms with E-state index in [0.29, 0.717) is 11.5 Å². The van der Waals surface area contributed by atoms with Crippen LogP contribution in [0.25, 0.3) is 0 Å². The summed E-state index contributed by atoms with van der Waals surface area (Å²) in [6.07, 6.45) is 0. The van der Waals surface area contributed by atoms with Gasteiger partial charge in [0, 0.05) is 18.4 Å². The normalized spacial score (nSPS) is 10.5. The molecule has 2 aromatic rings. The molecule has 0 spiro atoms. The number of rotatable bonds is 4. The van der Waals surface area contributed by atoms with Gasteiger partial charge in [0.05, 0.1) is 17.8 Å². The van der Waals surface area contributed by atoms with Gasteiger partial charge >= 0.3 is 0 Å². The zero-order chi connectivity index (χ0) is 15.6. The first-order valence-corrected chi connectivity index (χ1v) is 7.21. The van der Waals surface area contributed by atoms with Crippen molar-refractivity contribution in [2.75, 3.05) is 11.9 Å². The molecule has 0 saturated carbocycles. The molecule has 0 aliphatic heterocycles. The molecule has 2 rings (SSSR count). The van der Waals surface area contributed by atoms with Crippen LogP contribution in [0.5, 0.6) is 0 Å². The molecule has 2 heterocycles. The lowest BCUT2D eigenvalue weighted by Crippen LogP contribution is -2.24. The summed E-state index contributed by atoms with van der Waals surface area (Å²) in [5, 5.41) is 0. The third-order valence-corrected chi connectivity index (χ3v) is 3.48. The van der Waals surface area contributed by atoms with E-state index in [9.17, 15) is 0 Å². The van der Waals surface area contributed by atoms with Crippen LogP contribution in [0.2, 0.25) is 0 Å². The first-order chi connectivity index (χ1) is 9.88. The Balaban J connectivity index is 2.39. The van der Waals surface area contributed by atoms with Crippen molar-refractivity contribution in [3.63, 3.8) is 0 Å². The predicted octanol–water partition coefficient (Wildman–Crippen LogP) is 2.67. The number of hydrogen-bond acceptors (Lipinski definition) is 4. The third kappa shape index (κ3) is 3.55. The van der Waals surface area contributed by atoms with Crippen LogP contribution in [0, 0.1) is 20.8 Å². The average molecular weight is 300 g/mol. The van der Waals surface area contributed by atoms with E-state index in [-0.39, 0.29) is 0 Å². The van der Waals surface area contributed by atoms with Crippen LogP contribution in [-0.4, -0.2) is 22.0 Å². The van der Waals surface area contributed by atoms with E-state index in [1.807, 2.05) is 57.0 Å². The molecule has 5 heteroatoms. The lowest BCUT2D eigenvalue weighted by Gasteiger charge is -2.22. The van der Waals surface area contributed by atoms with Gasteiger partial charge in [-0.05, 0) is 44.5 Å². The van der Waals surface area contributed by atoms with Crippen molar-refractivity contribution in [3.8, 4) is 0 Å². The minimum atomic E-state index is 0.374. The van der Waals surface area contributed by atoms with Crippen molar-refractivity contribution in [2.24, 2.45) is 5.73 Å². The van der Waals surface area contributed by atoms with Crippen molar-refractivity contribution >= 4 is 23.0 Å². The summed E-state index contributed by atoms with van der Waals surface area (Å²) in [5.74, 6) is 0.809. The van der Waals surface area contributed by atoms with Gasteiger partial charge in [-0.3, -0.25) is 4.98 Å². The number of pyridine rings is 2. The van der Waals surface area contributed by atoms with Gasteiger partial charge < -0.3 is 10.6 Å². The summed E-state index contributed by atoms with van der Waals surface area (Å²) in [4.78, 5) is 11.5. The zero-order valence-corrected chi connectivity index (χ0v) is 13.7. The fraction of sp³-hybridized carbons (Fsp3) is 0.312. The summed E-state index contributed by atoms with van der Waals surface area (Å²) in [6, 6.07) is 8.00. The molecule has 0 unspecified atom stereocenters. The molecule has 110 valence electrons. The van der Waals surface area contributed by atoms with Gasteiger partial charge in [-0.15, -0.1) is 0 Å². The van der Waals surface area contributed by atoms with Gasteiger partial charge in [-0.25, -0.2) is 4.98 Å². The SMILES string of the molecule is Cc1cccc(CN(C)c2nc(C)cc(C)c2C(N)=S)n1. The second kappa shape index (κ2) is 6.18. The van der Waals surface area contributed by atoms with Crippen LogP contribution in [0.1, 0.15) is 28.2 Å². The molecule has 4 nitrogen and oxygen atoms in total. The molecule has 0 aliphatic carbocycles. The maximum atomic E-state index is 5.87. The van der Waals surface area contributed by atoms with E-state index < -0.39 is 0 Å². The van der Waals surface area contributed by atoms with Crippen LogP contribution in [0.3, 0.4) is 0 Å². The Labute approximate surface area is 131 Å². The number of hydrogen-bond donors (Lipinski definition) is 1. The molecular weight excluding hydrogens is 280 g/mol. The van der Waals surface area contributed by atoms with Crippen molar-refractivity contribution < 1.29 is 0 Å². The molecule has 21 heavy (non-hydrogen) atoms. The van der Waals surface area contributed by atoms with Gasteiger partial charge in [0.1, 0.15) is 10.8 Å². The minimum absolute atomic E-state index is 0.374. The molecule has 0 fully saturated rings. The van der Waals surface area contributed by atoms with E-state index in [4.69, 9.17) is 18.0 Å². The highest BCUT2D eigenvalue weighted by Gasteiger charge is 2.15. The Hall–Kier alpha value is -2.01. The Bertz CT molecular complexity index is 682. The number of thiocarbonyl (C=S) groups is 1. The van der Waals surface area contributed by atoms with Crippen LogP contribution in [-0.2, 0) is 6.54 Å². The number of aromatic nitrogens is 2. The Morgan fingerprint density at radius 1 is 1.19 bits per heavy atom.